The van der Waals surface area contributed by atoms with Crippen LogP contribution in [-0.2, 0) is 11.3 Å². The maximum absolute atomic E-state index is 5.15. The van der Waals surface area contributed by atoms with Crippen LogP contribution in [0, 0.1) is 0 Å². The summed E-state index contributed by atoms with van der Waals surface area (Å²) < 4.78 is 5.15. The third-order valence-electron chi connectivity index (χ3n) is 2.88. The zero-order valence-corrected chi connectivity index (χ0v) is 11.8. The first-order valence-corrected chi connectivity index (χ1v) is 6.83. The Morgan fingerprint density at radius 3 is 3.00 bits per heavy atom. The minimum Gasteiger partial charge on any atom is -0.380 e. The van der Waals surface area contributed by atoms with E-state index in [1.54, 1.807) is 18.4 Å². The molecule has 0 aliphatic heterocycles. The second-order valence-corrected chi connectivity index (χ2v) is 5.08. The lowest BCUT2D eigenvalue weighted by Gasteiger charge is -2.05. The third-order valence-corrected chi connectivity index (χ3v) is 3.79. The van der Waals surface area contributed by atoms with Crippen molar-refractivity contribution in [2.45, 2.75) is 19.6 Å². The third kappa shape index (κ3) is 2.96. The highest BCUT2D eigenvalue weighted by atomic mass is 32.1. The van der Waals surface area contributed by atoms with Crippen molar-refractivity contribution >= 4 is 11.3 Å². The number of ether oxygens (including phenoxy) is 1. The molecule has 96 valence electrons. The first kappa shape index (κ1) is 13.2. The van der Waals surface area contributed by atoms with Gasteiger partial charge in [0.1, 0.15) is 5.01 Å². The predicted molar refractivity (Wildman–Crippen MR) is 75.7 cm³/mol. The van der Waals surface area contributed by atoms with Gasteiger partial charge in [-0.15, -0.1) is 11.3 Å². The molecule has 0 saturated heterocycles. The van der Waals surface area contributed by atoms with Gasteiger partial charge in [0.05, 0.1) is 12.3 Å². The minimum absolute atomic E-state index is 0.289. The van der Waals surface area contributed by atoms with Crippen LogP contribution in [0.3, 0.4) is 0 Å². The van der Waals surface area contributed by atoms with E-state index >= 15 is 0 Å². The van der Waals surface area contributed by atoms with Crippen molar-refractivity contribution in [1.29, 1.82) is 0 Å². The van der Waals surface area contributed by atoms with Gasteiger partial charge in [0.15, 0.2) is 0 Å². The van der Waals surface area contributed by atoms with Gasteiger partial charge in [-0.2, -0.15) is 0 Å². The summed E-state index contributed by atoms with van der Waals surface area (Å²) in [5.41, 5.74) is 3.42. The Labute approximate surface area is 112 Å². The average Bonchev–Trinajstić information content (AvgIpc) is 2.88. The largest absolute Gasteiger partial charge is 0.380 e. The number of aromatic nitrogens is 1. The lowest BCUT2D eigenvalue weighted by atomic mass is 10.1. The van der Waals surface area contributed by atoms with Crippen molar-refractivity contribution < 1.29 is 4.74 Å². The van der Waals surface area contributed by atoms with Crippen LogP contribution in [0.1, 0.15) is 24.2 Å². The van der Waals surface area contributed by atoms with Gasteiger partial charge >= 0.3 is 0 Å². The number of rotatable bonds is 5. The van der Waals surface area contributed by atoms with Crippen molar-refractivity contribution in [2.75, 3.05) is 14.2 Å². The van der Waals surface area contributed by atoms with E-state index in [0.717, 1.165) is 16.3 Å². The minimum atomic E-state index is 0.289. The summed E-state index contributed by atoms with van der Waals surface area (Å²) in [6, 6.07) is 8.63. The number of hydrogen-bond acceptors (Lipinski definition) is 4. The molecule has 0 radical (unpaired) electrons. The van der Waals surface area contributed by atoms with Crippen LogP contribution in [0.25, 0.3) is 10.6 Å². The van der Waals surface area contributed by atoms with Gasteiger partial charge in [-0.05, 0) is 25.6 Å². The van der Waals surface area contributed by atoms with Gasteiger partial charge in [-0.3, -0.25) is 0 Å². The van der Waals surface area contributed by atoms with Crippen LogP contribution in [-0.4, -0.2) is 19.1 Å². The maximum atomic E-state index is 5.15. The number of nitrogens with one attached hydrogen (secondary N) is 1. The fraction of sp³-hybridized carbons (Fsp3) is 0.357. The topological polar surface area (TPSA) is 34.1 Å². The maximum Gasteiger partial charge on any atom is 0.123 e. The van der Waals surface area contributed by atoms with Gasteiger partial charge in [0.2, 0.25) is 0 Å². The van der Waals surface area contributed by atoms with Crippen LogP contribution >= 0.6 is 11.3 Å². The molecule has 18 heavy (non-hydrogen) atoms. The molecule has 1 N–H and O–H groups in total. The van der Waals surface area contributed by atoms with E-state index in [1.165, 1.54) is 5.56 Å². The lowest BCUT2D eigenvalue weighted by molar-refractivity contribution is 0.185. The van der Waals surface area contributed by atoms with E-state index in [0.29, 0.717) is 6.61 Å². The van der Waals surface area contributed by atoms with Crippen LogP contribution in [0.4, 0.5) is 0 Å². The Hall–Kier alpha value is -1.23. The molecular weight excluding hydrogens is 244 g/mol. The zero-order chi connectivity index (χ0) is 13.0. The summed E-state index contributed by atoms with van der Waals surface area (Å²) in [6.07, 6.45) is 0. The number of nitrogens with zero attached hydrogens (tertiary/aromatic N) is 1. The quantitative estimate of drug-likeness (QED) is 0.898. The molecule has 1 aromatic carbocycles. The standard InChI is InChI=1S/C14H18N2OS/c1-10(15-2)13-9-18-14(16-13)12-6-4-5-11(7-12)8-17-3/h4-7,9-10,15H,8H2,1-3H3. The fourth-order valence-corrected chi connectivity index (χ4v) is 2.64. The number of benzene rings is 1. The summed E-state index contributed by atoms with van der Waals surface area (Å²) in [5, 5.41) is 6.37. The van der Waals surface area contributed by atoms with Crippen molar-refractivity contribution in [3.63, 3.8) is 0 Å². The Morgan fingerprint density at radius 2 is 2.28 bits per heavy atom. The summed E-state index contributed by atoms with van der Waals surface area (Å²) in [5.74, 6) is 0. The molecule has 2 rings (SSSR count). The summed E-state index contributed by atoms with van der Waals surface area (Å²) >= 11 is 1.68. The molecule has 0 saturated carbocycles. The first-order chi connectivity index (χ1) is 8.74. The monoisotopic (exact) mass is 262 g/mol. The molecule has 2 aromatic rings. The zero-order valence-electron chi connectivity index (χ0n) is 10.9. The first-order valence-electron chi connectivity index (χ1n) is 5.95. The Kier molecular flexibility index (Phi) is 4.47. The van der Waals surface area contributed by atoms with E-state index in [2.05, 4.69) is 40.8 Å². The Balaban J connectivity index is 2.25. The molecule has 0 aliphatic carbocycles. The number of methoxy groups -OCH3 is 1. The average molecular weight is 262 g/mol. The van der Waals surface area contributed by atoms with Crippen LogP contribution < -0.4 is 5.32 Å². The molecule has 0 bridgehead atoms. The second-order valence-electron chi connectivity index (χ2n) is 4.22. The number of thiazole rings is 1. The van der Waals surface area contributed by atoms with Crippen molar-refractivity contribution in [2.24, 2.45) is 0 Å². The van der Waals surface area contributed by atoms with E-state index in [-0.39, 0.29) is 6.04 Å². The van der Waals surface area contributed by atoms with Crippen LogP contribution in [0.15, 0.2) is 29.6 Å². The molecule has 1 unspecified atom stereocenters. The Morgan fingerprint density at radius 1 is 1.44 bits per heavy atom. The van der Waals surface area contributed by atoms with E-state index < -0.39 is 0 Å². The van der Waals surface area contributed by atoms with Crippen molar-refractivity contribution in [3.8, 4) is 10.6 Å². The van der Waals surface area contributed by atoms with Gasteiger partial charge < -0.3 is 10.1 Å². The molecule has 1 atom stereocenters. The SMILES string of the molecule is CNC(C)c1csc(-c2cccc(COC)c2)n1. The van der Waals surface area contributed by atoms with E-state index in [4.69, 9.17) is 4.74 Å². The van der Waals surface area contributed by atoms with Crippen molar-refractivity contribution in [3.05, 3.63) is 40.9 Å². The summed E-state index contributed by atoms with van der Waals surface area (Å²) in [4.78, 5) is 4.67. The normalized spacial score (nSPS) is 12.6. The van der Waals surface area contributed by atoms with Crippen LogP contribution in [0.2, 0.25) is 0 Å². The van der Waals surface area contributed by atoms with Crippen LogP contribution in [0.5, 0.6) is 0 Å². The van der Waals surface area contributed by atoms with Crippen molar-refractivity contribution in [1.82, 2.24) is 10.3 Å². The van der Waals surface area contributed by atoms with Gasteiger partial charge in [0.25, 0.3) is 0 Å². The summed E-state index contributed by atoms with van der Waals surface area (Å²) in [7, 11) is 3.66. The molecule has 0 aliphatic rings. The molecule has 4 heteroatoms. The molecule has 1 heterocycles. The molecule has 1 aromatic heterocycles. The van der Waals surface area contributed by atoms with Gasteiger partial charge in [-0.1, -0.05) is 18.2 Å². The molecule has 0 spiro atoms. The summed E-state index contributed by atoms with van der Waals surface area (Å²) in [6.45, 7) is 2.75. The fourth-order valence-electron chi connectivity index (χ4n) is 1.73. The predicted octanol–water partition coefficient (Wildman–Crippen LogP) is 3.24. The smallest absolute Gasteiger partial charge is 0.123 e. The molecular formula is C14H18N2OS. The lowest BCUT2D eigenvalue weighted by Crippen LogP contribution is -2.12. The second kappa shape index (κ2) is 6.09. The highest BCUT2D eigenvalue weighted by Gasteiger charge is 2.09. The number of hydrogen-bond donors (Lipinski definition) is 1. The van der Waals surface area contributed by atoms with Gasteiger partial charge in [-0.25, -0.2) is 4.98 Å². The van der Waals surface area contributed by atoms with Gasteiger partial charge in [0, 0.05) is 24.1 Å². The molecule has 0 amide bonds. The molecule has 3 nitrogen and oxygen atoms in total. The van der Waals surface area contributed by atoms with E-state index in [9.17, 15) is 0 Å². The van der Waals surface area contributed by atoms with E-state index in [1.807, 2.05) is 13.1 Å². The molecule has 0 fully saturated rings. The highest BCUT2D eigenvalue weighted by molar-refractivity contribution is 7.13. The Bertz CT molecular complexity index is 510. The highest BCUT2D eigenvalue weighted by Crippen LogP contribution is 2.26.